The van der Waals surface area contributed by atoms with Crippen LogP contribution in [0, 0.1) is 23.2 Å². The first-order chi connectivity index (χ1) is 11.8. The van der Waals surface area contributed by atoms with E-state index in [1.54, 1.807) is 16.8 Å². The Morgan fingerprint density at radius 1 is 1.44 bits per heavy atom. The van der Waals surface area contributed by atoms with Crippen molar-refractivity contribution in [3.63, 3.8) is 0 Å². The number of urea groups is 1. The fourth-order valence-corrected chi connectivity index (χ4v) is 5.53. The summed E-state index contributed by atoms with van der Waals surface area (Å²) in [6, 6.07) is 1.64. The number of aromatic nitrogens is 1. The summed E-state index contributed by atoms with van der Waals surface area (Å²) >= 11 is 0. The van der Waals surface area contributed by atoms with Crippen molar-refractivity contribution >= 4 is 17.6 Å². The summed E-state index contributed by atoms with van der Waals surface area (Å²) in [5.74, 6) is 1.55. The van der Waals surface area contributed by atoms with E-state index in [9.17, 15) is 9.59 Å². The maximum Gasteiger partial charge on any atom is 0.319 e. The van der Waals surface area contributed by atoms with Crippen LogP contribution in [0.3, 0.4) is 0 Å². The highest BCUT2D eigenvalue weighted by atomic mass is 16.2. The molecule has 2 fully saturated rings. The Hall–Kier alpha value is -1.98. The number of nitrogens with two attached hydrogens (primary N) is 1. The Morgan fingerprint density at radius 2 is 2.16 bits per heavy atom. The second-order valence-electron chi connectivity index (χ2n) is 8.23. The number of hydrogen-bond acceptors (Lipinski definition) is 2. The molecule has 2 saturated carbocycles. The van der Waals surface area contributed by atoms with Crippen molar-refractivity contribution in [3.8, 4) is 0 Å². The predicted molar refractivity (Wildman–Crippen MR) is 98.3 cm³/mol. The molecule has 2 aliphatic rings. The Balaban J connectivity index is 1.67. The zero-order valence-corrected chi connectivity index (χ0v) is 15.6. The molecule has 4 atom stereocenters. The molecule has 4 N–H and O–H groups in total. The Morgan fingerprint density at radius 3 is 2.68 bits per heavy atom. The van der Waals surface area contributed by atoms with E-state index < -0.39 is 5.91 Å². The second-order valence-corrected chi connectivity index (χ2v) is 8.23. The minimum Gasteiger partial charge on any atom is -0.364 e. The van der Waals surface area contributed by atoms with Crippen LogP contribution >= 0.6 is 0 Å². The standard InChI is InChI=1S/C19H30N4O2/c1-5-23-10-13(9-14(23)17(20)24)21-18(25)22-15-8-12-6-7-19(15,4)16(12)11(2)3/h9-12,15-16H,5-8H2,1-4H3,(H2,20,24)(H2,21,22,25)/t12-,15?,16?,19+/m1/s1. The summed E-state index contributed by atoms with van der Waals surface area (Å²) in [7, 11) is 0. The van der Waals surface area contributed by atoms with Crippen molar-refractivity contribution in [2.24, 2.45) is 28.9 Å². The van der Waals surface area contributed by atoms with Crippen LogP contribution in [-0.2, 0) is 6.54 Å². The van der Waals surface area contributed by atoms with E-state index in [-0.39, 0.29) is 17.5 Å². The number of fused-ring (bicyclic) bond motifs is 2. The van der Waals surface area contributed by atoms with Gasteiger partial charge in [0.25, 0.3) is 5.91 Å². The monoisotopic (exact) mass is 346 g/mol. The number of rotatable bonds is 5. The molecular formula is C19H30N4O2. The molecule has 6 nitrogen and oxygen atoms in total. The first-order valence-electron chi connectivity index (χ1n) is 9.33. The maximum atomic E-state index is 12.5. The number of anilines is 1. The third-order valence-electron chi connectivity index (χ3n) is 6.43. The molecule has 25 heavy (non-hydrogen) atoms. The number of aryl methyl sites for hydroxylation is 1. The molecule has 1 aromatic rings. The molecular weight excluding hydrogens is 316 g/mol. The van der Waals surface area contributed by atoms with Crippen molar-refractivity contribution in [1.29, 1.82) is 0 Å². The topological polar surface area (TPSA) is 89.2 Å². The molecule has 138 valence electrons. The molecule has 1 heterocycles. The average Bonchev–Trinajstić information content (AvgIpc) is 3.15. The molecule has 3 rings (SSSR count). The van der Waals surface area contributed by atoms with Crippen LogP contribution in [0.4, 0.5) is 10.5 Å². The molecule has 0 aromatic carbocycles. The van der Waals surface area contributed by atoms with Crippen LogP contribution in [0.2, 0.25) is 0 Å². The first kappa shape index (κ1) is 17.8. The molecule has 2 bridgehead atoms. The van der Waals surface area contributed by atoms with Crippen LogP contribution in [0.25, 0.3) is 0 Å². The number of hydrogen-bond donors (Lipinski definition) is 3. The van der Waals surface area contributed by atoms with E-state index in [1.165, 1.54) is 12.8 Å². The lowest BCUT2D eigenvalue weighted by atomic mass is 9.73. The van der Waals surface area contributed by atoms with Gasteiger partial charge < -0.3 is 20.9 Å². The van der Waals surface area contributed by atoms with Gasteiger partial charge in [0.1, 0.15) is 5.69 Å². The minimum atomic E-state index is -0.490. The van der Waals surface area contributed by atoms with Gasteiger partial charge in [-0.05, 0) is 55.4 Å². The number of carbonyl (C=O) groups is 2. The quantitative estimate of drug-likeness (QED) is 0.764. The Bertz CT molecular complexity index is 681. The third kappa shape index (κ3) is 3.02. The highest BCUT2D eigenvalue weighted by Gasteiger charge is 2.57. The maximum absolute atomic E-state index is 12.5. The lowest BCUT2D eigenvalue weighted by Gasteiger charge is -2.36. The molecule has 2 unspecified atom stereocenters. The van der Waals surface area contributed by atoms with Gasteiger partial charge in [-0.15, -0.1) is 0 Å². The van der Waals surface area contributed by atoms with Crippen molar-refractivity contribution in [3.05, 3.63) is 18.0 Å². The molecule has 0 saturated heterocycles. The van der Waals surface area contributed by atoms with Gasteiger partial charge in [0.05, 0.1) is 5.69 Å². The number of carbonyl (C=O) groups excluding carboxylic acids is 2. The fraction of sp³-hybridized carbons (Fsp3) is 0.684. The van der Waals surface area contributed by atoms with Crippen LogP contribution in [0.15, 0.2) is 12.3 Å². The lowest BCUT2D eigenvalue weighted by Crippen LogP contribution is -2.47. The smallest absolute Gasteiger partial charge is 0.319 e. The Kier molecular flexibility index (Phi) is 4.56. The van der Waals surface area contributed by atoms with Crippen LogP contribution in [0.1, 0.15) is 57.4 Å². The molecule has 0 aliphatic heterocycles. The molecule has 3 amide bonds. The van der Waals surface area contributed by atoms with E-state index in [0.29, 0.717) is 29.8 Å². The fourth-order valence-electron chi connectivity index (χ4n) is 5.53. The summed E-state index contributed by atoms with van der Waals surface area (Å²) in [4.78, 5) is 24.0. The van der Waals surface area contributed by atoms with Gasteiger partial charge in [0.2, 0.25) is 0 Å². The minimum absolute atomic E-state index is 0.184. The average molecular weight is 346 g/mol. The highest BCUT2D eigenvalue weighted by molar-refractivity contribution is 5.95. The number of amides is 3. The second kappa shape index (κ2) is 6.39. The van der Waals surface area contributed by atoms with Crippen LogP contribution < -0.4 is 16.4 Å². The van der Waals surface area contributed by atoms with Crippen molar-refractivity contribution in [2.45, 2.75) is 59.5 Å². The van der Waals surface area contributed by atoms with E-state index >= 15 is 0 Å². The van der Waals surface area contributed by atoms with Gasteiger partial charge in [-0.2, -0.15) is 0 Å². The lowest BCUT2D eigenvalue weighted by molar-refractivity contribution is 0.0991. The summed E-state index contributed by atoms with van der Waals surface area (Å²) in [6.45, 7) is 9.47. The summed E-state index contributed by atoms with van der Waals surface area (Å²) in [6.07, 6.45) is 5.28. The van der Waals surface area contributed by atoms with Crippen molar-refractivity contribution < 1.29 is 9.59 Å². The first-order valence-corrected chi connectivity index (χ1v) is 9.33. The molecule has 6 heteroatoms. The summed E-state index contributed by atoms with van der Waals surface area (Å²) in [5.41, 5.74) is 6.57. The summed E-state index contributed by atoms with van der Waals surface area (Å²) < 4.78 is 1.74. The number of primary amides is 1. The normalized spacial score (nSPS) is 30.7. The Labute approximate surface area is 149 Å². The highest BCUT2D eigenvalue weighted by Crippen LogP contribution is 2.60. The predicted octanol–water partition coefficient (Wildman–Crippen LogP) is 3.19. The largest absolute Gasteiger partial charge is 0.364 e. The van der Waals surface area contributed by atoms with Gasteiger partial charge in [-0.25, -0.2) is 4.79 Å². The van der Waals surface area contributed by atoms with Crippen molar-refractivity contribution in [1.82, 2.24) is 9.88 Å². The van der Waals surface area contributed by atoms with Gasteiger partial charge in [-0.1, -0.05) is 20.8 Å². The van der Waals surface area contributed by atoms with Crippen LogP contribution in [-0.4, -0.2) is 22.5 Å². The molecule has 1 aromatic heterocycles. The van der Waals surface area contributed by atoms with E-state index in [4.69, 9.17) is 5.73 Å². The van der Waals surface area contributed by atoms with Crippen molar-refractivity contribution in [2.75, 3.05) is 5.32 Å². The zero-order chi connectivity index (χ0) is 18.4. The van der Waals surface area contributed by atoms with Crippen LogP contribution in [0.5, 0.6) is 0 Å². The van der Waals surface area contributed by atoms with Gasteiger partial charge in [0, 0.05) is 18.8 Å². The van der Waals surface area contributed by atoms with E-state index in [1.807, 2.05) is 6.92 Å². The third-order valence-corrected chi connectivity index (χ3v) is 6.43. The molecule has 0 radical (unpaired) electrons. The number of nitrogens with one attached hydrogen (secondary N) is 2. The molecule has 2 aliphatic carbocycles. The zero-order valence-electron chi connectivity index (χ0n) is 15.6. The van der Waals surface area contributed by atoms with Gasteiger partial charge >= 0.3 is 6.03 Å². The molecule has 0 spiro atoms. The van der Waals surface area contributed by atoms with Gasteiger partial charge in [0.15, 0.2) is 0 Å². The SMILES string of the molecule is CCn1cc(NC(=O)NC2C[C@H]3CC[C@]2(C)C3C(C)C)cc1C(N)=O. The van der Waals surface area contributed by atoms with Gasteiger partial charge in [-0.3, -0.25) is 4.79 Å². The van der Waals surface area contributed by atoms with E-state index in [0.717, 1.165) is 12.3 Å². The van der Waals surface area contributed by atoms with E-state index in [2.05, 4.69) is 31.4 Å². The number of nitrogens with zero attached hydrogens (tertiary/aromatic N) is 1. The summed E-state index contributed by atoms with van der Waals surface area (Å²) in [5, 5.41) is 6.05.